The molecule has 20 heavy (non-hydrogen) atoms. The third-order valence-electron chi connectivity index (χ3n) is 3.13. The van der Waals surface area contributed by atoms with E-state index in [0.29, 0.717) is 5.56 Å². The monoisotopic (exact) mass is 270 g/mol. The summed E-state index contributed by atoms with van der Waals surface area (Å²) in [5, 5.41) is 4.08. The lowest BCUT2D eigenvalue weighted by atomic mass is 10.1. The quantitative estimate of drug-likeness (QED) is 0.774. The normalized spacial score (nSPS) is 10.7. The number of para-hydroxylation sites is 1. The van der Waals surface area contributed by atoms with Gasteiger partial charge in [-0.3, -0.25) is 4.98 Å². The number of nitrogens with one attached hydrogen (secondary N) is 1. The third kappa shape index (κ3) is 2.45. The fraction of sp³-hybridized carbons (Fsp3) is 0.0625. The SMILES string of the molecule is Fc1ccc(F)c(CNc2ccnc3ccccc23)c1. The molecule has 3 rings (SSSR count). The summed E-state index contributed by atoms with van der Waals surface area (Å²) >= 11 is 0. The molecule has 2 aromatic carbocycles. The molecule has 4 heteroatoms. The van der Waals surface area contributed by atoms with Gasteiger partial charge in [-0.05, 0) is 30.3 Å². The van der Waals surface area contributed by atoms with Crippen molar-refractivity contribution < 1.29 is 8.78 Å². The molecule has 0 unspecified atom stereocenters. The average molecular weight is 270 g/mol. The number of rotatable bonds is 3. The Hall–Kier alpha value is -2.49. The summed E-state index contributed by atoms with van der Waals surface area (Å²) in [6.07, 6.45) is 1.69. The number of anilines is 1. The van der Waals surface area contributed by atoms with Crippen LogP contribution in [0.3, 0.4) is 0 Å². The van der Waals surface area contributed by atoms with Crippen molar-refractivity contribution in [1.29, 1.82) is 0 Å². The first-order chi connectivity index (χ1) is 9.74. The second kappa shape index (κ2) is 5.25. The zero-order valence-corrected chi connectivity index (χ0v) is 10.6. The highest BCUT2D eigenvalue weighted by Crippen LogP contribution is 2.22. The molecule has 0 aliphatic carbocycles. The van der Waals surface area contributed by atoms with Crippen LogP contribution in [0.15, 0.2) is 54.7 Å². The Kier molecular flexibility index (Phi) is 3.29. The van der Waals surface area contributed by atoms with Crippen LogP contribution in [-0.4, -0.2) is 4.98 Å². The minimum Gasteiger partial charge on any atom is -0.380 e. The molecule has 2 nitrogen and oxygen atoms in total. The van der Waals surface area contributed by atoms with Crippen LogP contribution in [-0.2, 0) is 6.54 Å². The van der Waals surface area contributed by atoms with Crippen LogP contribution in [0.25, 0.3) is 10.9 Å². The highest BCUT2D eigenvalue weighted by atomic mass is 19.1. The van der Waals surface area contributed by atoms with Gasteiger partial charge in [-0.1, -0.05) is 18.2 Å². The molecule has 0 saturated heterocycles. The highest BCUT2D eigenvalue weighted by Gasteiger charge is 2.05. The van der Waals surface area contributed by atoms with Gasteiger partial charge in [0.25, 0.3) is 0 Å². The van der Waals surface area contributed by atoms with E-state index >= 15 is 0 Å². The molecule has 0 saturated carbocycles. The lowest BCUT2D eigenvalue weighted by Crippen LogP contribution is -2.03. The highest BCUT2D eigenvalue weighted by molar-refractivity contribution is 5.90. The molecule has 0 fully saturated rings. The molecule has 100 valence electrons. The zero-order valence-electron chi connectivity index (χ0n) is 10.6. The Morgan fingerprint density at radius 3 is 2.75 bits per heavy atom. The van der Waals surface area contributed by atoms with E-state index in [9.17, 15) is 8.78 Å². The largest absolute Gasteiger partial charge is 0.380 e. The van der Waals surface area contributed by atoms with Gasteiger partial charge in [0, 0.05) is 29.4 Å². The Bertz CT molecular complexity index is 751. The minimum absolute atomic E-state index is 0.220. The van der Waals surface area contributed by atoms with Crippen LogP contribution in [0.1, 0.15) is 5.56 Å². The third-order valence-corrected chi connectivity index (χ3v) is 3.13. The van der Waals surface area contributed by atoms with Crippen molar-refractivity contribution in [2.75, 3.05) is 5.32 Å². The maximum Gasteiger partial charge on any atom is 0.128 e. The standard InChI is InChI=1S/C16H12F2N2/c17-12-5-6-14(18)11(9-12)10-20-16-7-8-19-15-4-2-1-3-13(15)16/h1-9H,10H2,(H,19,20). The Balaban J connectivity index is 1.89. The zero-order chi connectivity index (χ0) is 13.9. The first kappa shape index (κ1) is 12.5. The van der Waals surface area contributed by atoms with Crippen molar-refractivity contribution in [3.8, 4) is 0 Å². The molecule has 0 aliphatic rings. The summed E-state index contributed by atoms with van der Waals surface area (Å²) in [6.45, 7) is 0.220. The first-order valence-electron chi connectivity index (χ1n) is 6.25. The number of halogens is 2. The van der Waals surface area contributed by atoms with E-state index in [1.807, 2.05) is 30.3 Å². The molecule has 1 aromatic heterocycles. The summed E-state index contributed by atoms with van der Waals surface area (Å²) in [4.78, 5) is 4.25. The number of nitrogens with zero attached hydrogens (tertiary/aromatic N) is 1. The lowest BCUT2D eigenvalue weighted by molar-refractivity contribution is 0.587. The predicted molar refractivity (Wildman–Crippen MR) is 75.4 cm³/mol. The molecular weight excluding hydrogens is 258 g/mol. The van der Waals surface area contributed by atoms with Gasteiger partial charge in [0.15, 0.2) is 0 Å². The van der Waals surface area contributed by atoms with E-state index in [1.165, 1.54) is 6.07 Å². The molecule has 3 aromatic rings. The van der Waals surface area contributed by atoms with E-state index in [2.05, 4.69) is 10.3 Å². The number of aromatic nitrogens is 1. The average Bonchev–Trinajstić information content (AvgIpc) is 2.48. The van der Waals surface area contributed by atoms with Crippen LogP contribution in [0.5, 0.6) is 0 Å². The molecule has 1 N–H and O–H groups in total. The molecule has 0 bridgehead atoms. The van der Waals surface area contributed by atoms with E-state index in [0.717, 1.165) is 28.7 Å². The van der Waals surface area contributed by atoms with Crippen LogP contribution in [0.4, 0.5) is 14.5 Å². The van der Waals surface area contributed by atoms with E-state index in [1.54, 1.807) is 6.20 Å². The number of fused-ring (bicyclic) bond motifs is 1. The van der Waals surface area contributed by atoms with Crippen molar-refractivity contribution in [3.63, 3.8) is 0 Å². The van der Waals surface area contributed by atoms with Gasteiger partial charge in [-0.2, -0.15) is 0 Å². The van der Waals surface area contributed by atoms with Gasteiger partial charge >= 0.3 is 0 Å². The number of hydrogen-bond donors (Lipinski definition) is 1. The summed E-state index contributed by atoms with van der Waals surface area (Å²) in [5.41, 5.74) is 2.00. The number of pyridine rings is 1. The molecule has 0 spiro atoms. The second-order valence-corrected chi connectivity index (χ2v) is 4.46. The smallest absolute Gasteiger partial charge is 0.128 e. The molecule has 0 radical (unpaired) electrons. The van der Waals surface area contributed by atoms with Gasteiger partial charge in [-0.25, -0.2) is 8.78 Å². The second-order valence-electron chi connectivity index (χ2n) is 4.46. The first-order valence-corrected chi connectivity index (χ1v) is 6.25. The number of hydrogen-bond acceptors (Lipinski definition) is 2. The van der Waals surface area contributed by atoms with Crippen LogP contribution in [0, 0.1) is 11.6 Å². The molecule has 0 aliphatic heterocycles. The molecular formula is C16H12F2N2. The van der Waals surface area contributed by atoms with Crippen LogP contribution >= 0.6 is 0 Å². The van der Waals surface area contributed by atoms with Crippen molar-refractivity contribution in [2.45, 2.75) is 6.54 Å². The van der Waals surface area contributed by atoms with Gasteiger partial charge in [0.1, 0.15) is 11.6 Å². The van der Waals surface area contributed by atoms with E-state index in [4.69, 9.17) is 0 Å². The lowest BCUT2D eigenvalue weighted by Gasteiger charge is -2.10. The molecule has 1 heterocycles. The topological polar surface area (TPSA) is 24.9 Å². The van der Waals surface area contributed by atoms with Crippen molar-refractivity contribution in [2.24, 2.45) is 0 Å². The number of benzene rings is 2. The van der Waals surface area contributed by atoms with E-state index < -0.39 is 11.6 Å². The Morgan fingerprint density at radius 2 is 1.85 bits per heavy atom. The predicted octanol–water partition coefficient (Wildman–Crippen LogP) is 4.13. The maximum atomic E-state index is 13.6. The molecule has 0 atom stereocenters. The maximum absolute atomic E-state index is 13.6. The minimum atomic E-state index is -0.442. The van der Waals surface area contributed by atoms with Gasteiger partial charge < -0.3 is 5.32 Å². The Labute approximate surface area is 115 Å². The fourth-order valence-corrected chi connectivity index (χ4v) is 2.12. The van der Waals surface area contributed by atoms with Gasteiger partial charge in [0.2, 0.25) is 0 Å². The van der Waals surface area contributed by atoms with Crippen molar-refractivity contribution in [3.05, 3.63) is 71.9 Å². The van der Waals surface area contributed by atoms with Gasteiger partial charge in [-0.15, -0.1) is 0 Å². The van der Waals surface area contributed by atoms with E-state index in [-0.39, 0.29) is 6.54 Å². The Morgan fingerprint density at radius 1 is 1.00 bits per heavy atom. The van der Waals surface area contributed by atoms with Crippen LogP contribution < -0.4 is 5.32 Å². The summed E-state index contributed by atoms with van der Waals surface area (Å²) in [6, 6.07) is 12.9. The van der Waals surface area contributed by atoms with Crippen molar-refractivity contribution in [1.82, 2.24) is 4.98 Å². The summed E-state index contributed by atoms with van der Waals surface area (Å²) in [5.74, 6) is -0.861. The van der Waals surface area contributed by atoms with Crippen LogP contribution in [0.2, 0.25) is 0 Å². The molecule has 0 amide bonds. The summed E-state index contributed by atoms with van der Waals surface area (Å²) < 4.78 is 26.7. The van der Waals surface area contributed by atoms with Crippen molar-refractivity contribution >= 4 is 16.6 Å². The fourth-order valence-electron chi connectivity index (χ4n) is 2.12. The van der Waals surface area contributed by atoms with Gasteiger partial charge in [0.05, 0.1) is 5.52 Å². The summed E-state index contributed by atoms with van der Waals surface area (Å²) in [7, 11) is 0.